The van der Waals surface area contributed by atoms with Gasteiger partial charge in [0.2, 0.25) is 29.1 Å². The van der Waals surface area contributed by atoms with Crippen LogP contribution in [0.15, 0.2) is 29.5 Å². The van der Waals surface area contributed by atoms with Crippen molar-refractivity contribution in [3.05, 3.63) is 40.9 Å². The molecule has 0 unspecified atom stereocenters. The number of alkyl halides is 4. The van der Waals surface area contributed by atoms with Crippen molar-refractivity contribution >= 4 is 65.9 Å². The van der Waals surface area contributed by atoms with E-state index in [1.165, 1.54) is 24.8 Å². The molecule has 9 heterocycles. The summed E-state index contributed by atoms with van der Waals surface area (Å²) >= 11 is 6.11. The SMILES string of the molecule is CN(C)C=Nc1cc(C(F)F)c(B2OC(C)(C)C(C)(C)O2)cn1.C[C@H]1COCCN1c1nc(-c2cnc(N)cc2C(F)F)nc(N2CCOC[C@@H]2C)n1.C[C@H]1COCCN1c1nc(Cl)nc(N2CCOC[C@@H]2C)n1. The average Bonchev–Trinajstić information content (AvgIpc) is 3.58. The summed E-state index contributed by atoms with van der Waals surface area (Å²) in [6.07, 6.45) is -1.25. The highest BCUT2D eigenvalue weighted by molar-refractivity contribution is 6.62. The second kappa shape index (κ2) is 24.5. The summed E-state index contributed by atoms with van der Waals surface area (Å²) in [5.74, 6) is 2.50. The van der Waals surface area contributed by atoms with Crippen molar-refractivity contribution in [2.24, 2.45) is 4.99 Å². The fraction of sp³-hybridized carbons (Fsp3) is 0.638. The van der Waals surface area contributed by atoms with Crippen LogP contribution in [0.4, 0.5) is 53.0 Å². The number of nitrogens with zero attached hydrogens (tertiary/aromatic N) is 14. The largest absolute Gasteiger partial charge is 0.496 e. The molecule has 21 nitrogen and oxygen atoms in total. The number of hydrogen-bond donors (Lipinski definition) is 1. The minimum Gasteiger partial charge on any atom is -0.399 e. The van der Waals surface area contributed by atoms with E-state index in [0.29, 0.717) is 89.7 Å². The minimum atomic E-state index is -2.74. The summed E-state index contributed by atoms with van der Waals surface area (Å²) in [5, 5.41) is 0.229. The molecule has 404 valence electrons. The van der Waals surface area contributed by atoms with Gasteiger partial charge >= 0.3 is 7.12 Å². The molecule has 0 spiro atoms. The molecule has 0 aliphatic carbocycles. The van der Waals surface area contributed by atoms with Crippen LogP contribution in [0.2, 0.25) is 5.28 Å². The number of rotatable bonds is 10. The Morgan fingerprint density at radius 2 is 1.07 bits per heavy atom. The van der Waals surface area contributed by atoms with E-state index in [1.807, 2.05) is 51.3 Å². The van der Waals surface area contributed by atoms with Gasteiger partial charge < -0.3 is 58.5 Å². The number of anilines is 5. The number of aliphatic imine (C=N–C) groups is 1. The lowest BCUT2D eigenvalue weighted by atomic mass is 9.77. The summed E-state index contributed by atoms with van der Waals surface area (Å²) in [6, 6.07) is 2.98. The van der Waals surface area contributed by atoms with Crippen LogP contribution in [-0.4, -0.2) is 187 Å². The molecule has 0 bridgehead atoms. The first-order chi connectivity index (χ1) is 35.1. The Hall–Kier alpha value is -5.38. The van der Waals surface area contributed by atoms with E-state index in [2.05, 4.69) is 68.5 Å². The van der Waals surface area contributed by atoms with Crippen molar-refractivity contribution in [2.45, 2.75) is 104 Å². The zero-order valence-electron chi connectivity index (χ0n) is 43.6. The molecular weight excluding hydrogens is 993 g/mol. The van der Waals surface area contributed by atoms with E-state index in [-0.39, 0.29) is 69.1 Å². The van der Waals surface area contributed by atoms with E-state index in [1.54, 1.807) is 19.0 Å². The monoisotopic (exact) mass is 1060 g/mol. The van der Waals surface area contributed by atoms with Crippen molar-refractivity contribution in [2.75, 3.05) is 118 Å². The zero-order chi connectivity index (χ0) is 53.5. The van der Waals surface area contributed by atoms with Gasteiger partial charge in [0.1, 0.15) is 5.82 Å². The van der Waals surface area contributed by atoms with Crippen molar-refractivity contribution in [1.29, 1.82) is 0 Å². The maximum absolute atomic E-state index is 13.7. The van der Waals surface area contributed by atoms with E-state index in [4.69, 9.17) is 45.6 Å². The highest BCUT2D eigenvalue weighted by Gasteiger charge is 2.52. The number of aromatic nitrogens is 8. The lowest BCUT2D eigenvalue weighted by Gasteiger charge is -2.36. The number of morpholine rings is 4. The van der Waals surface area contributed by atoms with Gasteiger partial charge in [0.15, 0.2) is 11.6 Å². The standard InChI is InChI=1S/C19H25F2N7O2.C15H22BF2N3O2.C13H20ClN5O2/c1-11-9-29-5-3-27(11)18-24-17(14-8-23-15(22)7-13(14)16(20)21)25-19(26-18)28-4-6-30-10-12(28)2;1-14(2)15(3,4)23-16(22-14)11-8-19-12(20-9-21(5)6)7-10(11)13(17)18;1-9-7-20-5-3-18(9)12-15-11(14)16-13(17-12)19-4-6-21-8-10(19)2/h7-8,11-12,16H,3-6,9-10H2,1-2H3,(H2,22,23);7-9,13H,1-6H3;9-10H,3-8H2,1-2H3/t11-,12-;;9-,10-/m0.0/s1. The lowest BCUT2D eigenvalue weighted by Crippen LogP contribution is -2.46. The van der Waals surface area contributed by atoms with E-state index < -0.39 is 31.2 Å². The predicted octanol–water partition coefficient (Wildman–Crippen LogP) is 5.42. The zero-order valence-corrected chi connectivity index (χ0v) is 44.3. The third kappa shape index (κ3) is 13.7. The normalized spacial score (nSPS) is 23.0. The molecule has 5 aliphatic heterocycles. The molecule has 5 aliphatic rings. The van der Waals surface area contributed by atoms with Gasteiger partial charge in [-0.15, -0.1) is 0 Å². The quantitative estimate of drug-likeness (QED) is 0.0909. The molecule has 5 fully saturated rings. The topological polar surface area (TPSA) is 213 Å². The van der Waals surface area contributed by atoms with Crippen LogP contribution in [0, 0.1) is 0 Å². The summed E-state index contributed by atoms with van der Waals surface area (Å²) in [7, 11) is 2.70. The van der Waals surface area contributed by atoms with Crippen LogP contribution in [0.5, 0.6) is 0 Å². The Kier molecular flexibility index (Phi) is 18.7. The van der Waals surface area contributed by atoms with Crippen molar-refractivity contribution < 1.29 is 45.8 Å². The fourth-order valence-corrected chi connectivity index (χ4v) is 8.49. The fourth-order valence-electron chi connectivity index (χ4n) is 8.34. The number of halogens is 5. The predicted molar refractivity (Wildman–Crippen MR) is 275 cm³/mol. The summed E-state index contributed by atoms with van der Waals surface area (Å²) in [5.41, 5.74) is 4.39. The van der Waals surface area contributed by atoms with Crippen molar-refractivity contribution in [1.82, 2.24) is 44.8 Å². The van der Waals surface area contributed by atoms with Crippen LogP contribution in [0.1, 0.15) is 79.4 Å². The molecule has 0 radical (unpaired) electrons. The Balaban J connectivity index is 0.000000165. The third-order valence-corrected chi connectivity index (χ3v) is 13.4. The summed E-state index contributed by atoms with van der Waals surface area (Å²) < 4.78 is 87.9. The maximum Gasteiger partial charge on any atom is 0.496 e. The Morgan fingerprint density at radius 1 is 0.649 bits per heavy atom. The summed E-state index contributed by atoms with van der Waals surface area (Å²) in [6.45, 7) is 23.3. The first-order valence-electron chi connectivity index (χ1n) is 24.6. The molecular formula is C47H67BClF4N15O6. The molecule has 4 aromatic rings. The molecule has 4 aromatic heterocycles. The third-order valence-electron chi connectivity index (χ3n) is 13.2. The Morgan fingerprint density at radius 3 is 1.46 bits per heavy atom. The summed E-state index contributed by atoms with van der Waals surface area (Å²) in [4.78, 5) is 49.1. The van der Waals surface area contributed by atoms with E-state index in [9.17, 15) is 17.6 Å². The second-order valence-electron chi connectivity index (χ2n) is 19.7. The number of nitrogens with two attached hydrogens (primary N) is 1. The minimum absolute atomic E-state index is 0.0205. The number of hydrogen-bond acceptors (Lipinski definition) is 20. The van der Waals surface area contributed by atoms with Crippen LogP contribution in [0.25, 0.3) is 11.4 Å². The number of pyridine rings is 2. The van der Waals surface area contributed by atoms with Crippen molar-refractivity contribution in [3.63, 3.8) is 0 Å². The smallest absolute Gasteiger partial charge is 0.399 e. The van der Waals surface area contributed by atoms with Gasteiger partial charge in [-0.3, -0.25) is 0 Å². The highest BCUT2D eigenvalue weighted by atomic mass is 35.5. The molecule has 4 atom stereocenters. The first kappa shape index (κ1) is 56.4. The van der Waals surface area contributed by atoms with Crippen LogP contribution < -0.4 is 30.8 Å². The van der Waals surface area contributed by atoms with Gasteiger partial charge in [0.05, 0.1) is 94.6 Å². The second-order valence-corrected chi connectivity index (χ2v) is 20.0. The van der Waals surface area contributed by atoms with Crippen LogP contribution in [0.3, 0.4) is 0 Å². The maximum atomic E-state index is 13.7. The average molecular weight is 1060 g/mol. The molecule has 2 N–H and O–H groups in total. The van der Waals surface area contributed by atoms with E-state index >= 15 is 0 Å². The van der Waals surface area contributed by atoms with Gasteiger partial charge in [0.25, 0.3) is 12.9 Å². The number of nitrogen functional groups attached to an aromatic ring is 1. The molecule has 74 heavy (non-hydrogen) atoms. The first-order valence-corrected chi connectivity index (χ1v) is 24.9. The van der Waals surface area contributed by atoms with Crippen molar-refractivity contribution in [3.8, 4) is 11.4 Å². The van der Waals surface area contributed by atoms with Gasteiger partial charge in [-0.25, -0.2) is 32.5 Å². The Bertz CT molecular complexity index is 2450. The lowest BCUT2D eigenvalue weighted by molar-refractivity contribution is 0.00578. The Labute approximate surface area is 434 Å². The number of ether oxygens (including phenoxy) is 4. The molecule has 5 saturated heterocycles. The molecule has 27 heteroatoms. The van der Waals surface area contributed by atoms with Gasteiger partial charge in [0, 0.05) is 74.8 Å². The van der Waals surface area contributed by atoms with E-state index in [0.717, 1.165) is 19.2 Å². The molecule has 0 amide bonds. The van der Waals surface area contributed by atoms with Crippen LogP contribution in [-0.2, 0) is 28.3 Å². The molecule has 0 aromatic carbocycles. The highest BCUT2D eigenvalue weighted by Crippen LogP contribution is 2.38. The van der Waals surface area contributed by atoms with Gasteiger partial charge in [-0.05, 0) is 79.1 Å². The van der Waals surface area contributed by atoms with Gasteiger partial charge in [-0.2, -0.15) is 29.9 Å². The van der Waals surface area contributed by atoms with Crippen LogP contribution >= 0.6 is 11.6 Å². The molecule has 0 saturated carbocycles. The molecule has 9 rings (SSSR count). The van der Waals surface area contributed by atoms with Gasteiger partial charge in [-0.1, -0.05) is 0 Å².